The molecule has 0 aliphatic rings. The molecule has 2 aromatic heterocycles. The van der Waals surface area contributed by atoms with Gasteiger partial charge in [-0.2, -0.15) is 6.07 Å². The zero-order valence-corrected chi connectivity index (χ0v) is 9.23. The summed E-state index contributed by atoms with van der Waals surface area (Å²) >= 11 is 0. The van der Waals surface area contributed by atoms with Gasteiger partial charge in [-0.3, -0.25) is 4.98 Å². The van der Waals surface area contributed by atoms with E-state index >= 15 is 0 Å². The largest absolute Gasteiger partial charge is 0.316 e. The zero-order chi connectivity index (χ0) is 8.65. The molecule has 2 rings (SSSR count). The number of aromatic nitrogens is 3. The van der Waals surface area contributed by atoms with Crippen LogP contribution in [0.5, 0.6) is 0 Å². The molecule has 0 aromatic carbocycles. The monoisotopic (exact) mass is 355 g/mol. The Kier molecular flexibility index (Phi) is 6.93. The maximum Gasteiger partial charge on any atom is 0.0267 e. The zero-order valence-electron chi connectivity index (χ0n) is 6.96. The normalized spacial score (nSPS) is 7.69. The Bertz CT molecular complexity index is 254. The molecule has 13 heavy (non-hydrogen) atoms. The van der Waals surface area contributed by atoms with Gasteiger partial charge < -0.3 is 5.10 Å². The fraction of sp³-hybridized carbons (Fsp3) is 0. The number of hydrogen-bond donors (Lipinski definition) is 1. The topological polar surface area (TPSA) is 41.6 Å². The van der Waals surface area contributed by atoms with Crippen molar-refractivity contribution >= 4 is 0 Å². The summed E-state index contributed by atoms with van der Waals surface area (Å²) in [4.78, 5) is 3.78. The van der Waals surface area contributed by atoms with Crippen LogP contribution >= 0.6 is 0 Å². The molecule has 1 N–H and O–H groups in total. The molecule has 0 saturated carbocycles. The van der Waals surface area contributed by atoms with Crippen LogP contribution in [0.4, 0.5) is 0 Å². The van der Waals surface area contributed by atoms with E-state index in [-0.39, 0.29) is 21.1 Å². The predicted molar refractivity (Wildman–Crippen MR) is 47.3 cm³/mol. The molecule has 2 heterocycles. The fourth-order valence-electron chi connectivity index (χ4n) is 0.597. The minimum Gasteiger partial charge on any atom is -0.316 e. The number of aromatic amines is 1. The number of pyridine rings is 1. The fourth-order valence-corrected chi connectivity index (χ4v) is 0.597. The summed E-state index contributed by atoms with van der Waals surface area (Å²) in [6, 6.07) is 7.52. The van der Waals surface area contributed by atoms with Gasteiger partial charge in [0.05, 0.1) is 0 Å². The van der Waals surface area contributed by atoms with Crippen LogP contribution in [0.3, 0.4) is 0 Å². The van der Waals surface area contributed by atoms with Gasteiger partial charge in [-0.15, -0.1) is 5.69 Å². The molecule has 4 heteroatoms. The van der Waals surface area contributed by atoms with Crippen LogP contribution in [0.2, 0.25) is 0 Å². The summed E-state index contributed by atoms with van der Waals surface area (Å²) in [6.07, 6.45) is 5.17. The van der Waals surface area contributed by atoms with Gasteiger partial charge in [0.25, 0.3) is 0 Å². The number of hydrogen-bond acceptors (Lipinski definition) is 2. The van der Waals surface area contributed by atoms with Gasteiger partial charge in [0.2, 0.25) is 0 Å². The molecule has 0 aliphatic heterocycles. The molecule has 2 aromatic rings. The molecule has 3 nitrogen and oxygen atoms in total. The number of H-pyrrole nitrogens is 1. The summed E-state index contributed by atoms with van der Waals surface area (Å²) < 4.78 is 0. The van der Waals surface area contributed by atoms with Crippen molar-refractivity contribution < 1.29 is 21.1 Å². The van der Waals surface area contributed by atoms with Crippen molar-refractivity contribution in [2.45, 2.75) is 0 Å². The van der Waals surface area contributed by atoms with Gasteiger partial charge in [-0.1, -0.05) is 6.07 Å². The molecular formula is C9H10N3Pt-. The summed E-state index contributed by atoms with van der Waals surface area (Å²) in [5, 5.41) is 6.27. The van der Waals surface area contributed by atoms with E-state index in [9.17, 15) is 0 Å². The Morgan fingerprint density at radius 1 is 1.08 bits per heavy atom. The van der Waals surface area contributed by atoms with Crippen molar-refractivity contribution in [2.24, 2.45) is 0 Å². The summed E-state index contributed by atoms with van der Waals surface area (Å²) in [5.41, 5.74) is 0.856. The van der Waals surface area contributed by atoms with Crippen molar-refractivity contribution in [3.63, 3.8) is 0 Å². The van der Waals surface area contributed by atoms with Crippen molar-refractivity contribution in [3.8, 4) is 0 Å². The van der Waals surface area contributed by atoms with Crippen molar-refractivity contribution in [2.75, 3.05) is 0 Å². The van der Waals surface area contributed by atoms with E-state index in [0.717, 1.165) is 5.69 Å². The number of rotatable bonds is 0. The Balaban J connectivity index is 0.000000206. The standard InChI is InChI=1S/C5H5N.C4H5N2.Pt/c1-2-4-6-5-3-1;1-4-2-3-5-6-4;/h1-5H;2-3H,1H2,(H,5,6);/q;-1;. The van der Waals surface area contributed by atoms with Crippen LogP contribution in [-0.4, -0.2) is 15.2 Å². The second-order valence-electron chi connectivity index (χ2n) is 2.11. The molecule has 0 spiro atoms. The van der Waals surface area contributed by atoms with Crippen LogP contribution in [0.1, 0.15) is 5.69 Å². The SMILES string of the molecule is [CH2-]c1ccn[nH]1.[Pt].c1ccncc1. The summed E-state index contributed by atoms with van der Waals surface area (Å²) in [6.45, 7) is 3.56. The van der Waals surface area contributed by atoms with E-state index < -0.39 is 0 Å². The average Bonchev–Trinajstić information content (AvgIpc) is 2.60. The summed E-state index contributed by atoms with van der Waals surface area (Å²) in [7, 11) is 0. The van der Waals surface area contributed by atoms with E-state index in [4.69, 9.17) is 0 Å². The summed E-state index contributed by atoms with van der Waals surface area (Å²) in [5.74, 6) is 0. The molecule has 0 bridgehead atoms. The first kappa shape index (κ1) is 11.9. The second-order valence-corrected chi connectivity index (χ2v) is 2.11. The van der Waals surface area contributed by atoms with Gasteiger partial charge in [0, 0.05) is 33.5 Å². The van der Waals surface area contributed by atoms with Crippen molar-refractivity contribution in [1.29, 1.82) is 0 Å². The van der Waals surface area contributed by atoms with Gasteiger partial charge >= 0.3 is 0 Å². The minimum absolute atomic E-state index is 0. The van der Waals surface area contributed by atoms with E-state index in [0.29, 0.717) is 0 Å². The van der Waals surface area contributed by atoms with Crippen molar-refractivity contribution in [3.05, 3.63) is 55.5 Å². The van der Waals surface area contributed by atoms with Crippen LogP contribution in [0, 0.1) is 6.92 Å². The minimum atomic E-state index is 0. The first-order chi connectivity index (χ1) is 5.89. The predicted octanol–water partition coefficient (Wildman–Crippen LogP) is 1.67. The molecule has 0 aliphatic carbocycles. The second kappa shape index (κ2) is 7.56. The Morgan fingerprint density at radius 3 is 1.92 bits per heavy atom. The van der Waals surface area contributed by atoms with Gasteiger partial charge in [0.15, 0.2) is 0 Å². The first-order valence-electron chi connectivity index (χ1n) is 3.56. The maximum atomic E-state index is 3.78. The van der Waals surface area contributed by atoms with Crippen LogP contribution < -0.4 is 0 Å². The first-order valence-corrected chi connectivity index (χ1v) is 3.56. The molecular weight excluding hydrogens is 345 g/mol. The number of nitrogens with one attached hydrogen (secondary N) is 1. The third-order valence-corrected chi connectivity index (χ3v) is 1.12. The molecule has 0 amide bonds. The van der Waals surface area contributed by atoms with Crippen molar-refractivity contribution in [1.82, 2.24) is 15.2 Å². The van der Waals surface area contributed by atoms with Gasteiger partial charge in [0.1, 0.15) is 0 Å². The van der Waals surface area contributed by atoms with E-state index in [2.05, 4.69) is 22.1 Å². The Morgan fingerprint density at radius 2 is 1.77 bits per heavy atom. The van der Waals surface area contributed by atoms with E-state index in [1.165, 1.54) is 0 Å². The van der Waals surface area contributed by atoms with Crippen LogP contribution in [0.25, 0.3) is 0 Å². The average molecular weight is 355 g/mol. The third kappa shape index (κ3) is 6.11. The molecule has 0 unspecified atom stereocenters. The van der Waals surface area contributed by atoms with E-state index in [1.807, 2.05) is 18.2 Å². The third-order valence-electron chi connectivity index (χ3n) is 1.12. The molecule has 72 valence electrons. The quantitative estimate of drug-likeness (QED) is 0.731. The van der Waals surface area contributed by atoms with E-state index in [1.54, 1.807) is 24.7 Å². The Labute approximate surface area is 91.9 Å². The molecule has 0 saturated heterocycles. The van der Waals surface area contributed by atoms with Gasteiger partial charge in [-0.05, 0) is 18.3 Å². The van der Waals surface area contributed by atoms with Crippen LogP contribution in [-0.2, 0) is 21.1 Å². The van der Waals surface area contributed by atoms with Crippen LogP contribution in [0.15, 0.2) is 42.9 Å². The van der Waals surface area contributed by atoms with Gasteiger partial charge in [-0.25, -0.2) is 12.0 Å². The maximum absolute atomic E-state index is 3.78. The number of nitrogens with zero attached hydrogens (tertiary/aromatic N) is 2. The molecule has 0 radical (unpaired) electrons. The smallest absolute Gasteiger partial charge is 0.0267 e. The molecule has 0 atom stereocenters. The Hall–Kier alpha value is -1.08. The molecule has 0 fully saturated rings.